The number of methoxy groups -OCH3 is 1. The average molecular weight is 565 g/mol. The molecule has 0 bridgehead atoms. The molecule has 3 N–H and O–H groups in total. The number of aromatic nitrogens is 2. The third kappa shape index (κ3) is 6.31. The summed E-state index contributed by atoms with van der Waals surface area (Å²) < 4.78 is 68.2. The number of ether oxygens (including phenoxy) is 2. The van der Waals surface area contributed by atoms with Crippen LogP contribution >= 0.6 is 11.6 Å². The monoisotopic (exact) mass is 564 g/mol. The van der Waals surface area contributed by atoms with Crippen molar-refractivity contribution in [3.63, 3.8) is 0 Å². The molecular weight excluding hydrogens is 542 g/mol. The number of sulfonamides is 1. The van der Waals surface area contributed by atoms with Crippen LogP contribution in [0.1, 0.15) is 23.1 Å². The Morgan fingerprint density at radius 2 is 2.00 bits per heavy atom. The molecule has 0 amide bonds. The molecule has 3 aromatic rings. The molecule has 1 aliphatic heterocycles. The molecule has 1 saturated heterocycles. The number of nitrogens with zero attached hydrogens (tertiary/aromatic N) is 2. The molecule has 13 heteroatoms. The smallest absolute Gasteiger partial charge is 0.265 e. The van der Waals surface area contributed by atoms with Crippen molar-refractivity contribution in [2.45, 2.75) is 17.9 Å². The van der Waals surface area contributed by atoms with Crippen molar-refractivity contribution in [2.75, 3.05) is 36.9 Å². The van der Waals surface area contributed by atoms with Gasteiger partial charge in [-0.05, 0) is 30.7 Å². The number of aliphatic hydroxyl groups excluding tert-OH is 1. The minimum atomic E-state index is -4.46. The highest BCUT2D eigenvalue weighted by Crippen LogP contribution is 2.34. The van der Waals surface area contributed by atoms with E-state index < -0.39 is 44.4 Å². The third-order valence-corrected chi connectivity index (χ3v) is 7.24. The molecule has 1 aliphatic rings. The Balaban J connectivity index is 1.56. The first-order valence-corrected chi connectivity index (χ1v) is 13.2. The minimum Gasteiger partial charge on any atom is -0.495 e. The molecule has 1 fully saturated rings. The second kappa shape index (κ2) is 11.9. The van der Waals surface area contributed by atoms with Gasteiger partial charge in [-0.1, -0.05) is 23.4 Å². The van der Waals surface area contributed by atoms with Crippen molar-refractivity contribution in [3.8, 4) is 17.6 Å². The molecule has 4 rings (SSSR count). The number of rotatable bonds is 8. The maximum Gasteiger partial charge on any atom is 0.265 e. The number of aliphatic hydroxyl groups is 1. The van der Waals surface area contributed by atoms with Crippen LogP contribution in [0.4, 0.5) is 20.4 Å². The van der Waals surface area contributed by atoms with Gasteiger partial charge in [-0.3, -0.25) is 4.72 Å². The average Bonchev–Trinajstić information content (AvgIpc) is 3.43. The van der Waals surface area contributed by atoms with Gasteiger partial charge in [0, 0.05) is 42.0 Å². The first kappa shape index (κ1) is 27.5. The van der Waals surface area contributed by atoms with E-state index >= 15 is 4.39 Å². The van der Waals surface area contributed by atoms with Crippen molar-refractivity contribution in [1.29, 1.82) is 0 Å². The Morgan fingerprint density at radius 3 is 2.66 bits per heavy atom. The molecule has 200 valence electrons. The second-order valence-electron chi connectivity index (χ2n) is 8.30. The molecule has 1 atom stereocenters. The normalized spacial score (nSPS) is 15.0. The quantitative estimate of drug-likeness (QED) is 0.355. The molecule has 1 aromatic heterocycles. The van der Waals surface area contributed by atoms with E-state index in [1.807, 2.05) is 0 Å². The summed E-state index contributed by atoms with van der Waals surface area (Å²) in [5.74, 6) is 3.36. The van der Waals surface area contributed by atoms with Crippen LogP contribution in [0.15, 0.2) is 41.6 Å². The number of benzene rings is 2. The number of halogens is 3. The van der Waals surface area contributed by atoms with E-state index in [0.29, 0.717) is 30.6 Å². The lowest BCUT2D eigenvalue weighted by molar-refractivity contribution is 0.187. The van der Waals surface area contributed by atoms with Gasteiger partial charge in [0.2, 0.25) is 5.95 Å². The zero-order chi connectivity index (χ0) is 27.3. The van der Waals surface area contributed by atoms with E-state index in [1.165, 1.54) is 25.6 Å². The molecule has 0 aliphatic carbocycles. The highest BCUT2D eigenvalue weighted by atomic mass is 35.5. The highest BCUT2D eigenvalue weighted by Gasteiger charge is 2.25. The predicted octanol–water partition coefficient (Wildman–Crippen LogP) is 3.56. The zero-order valence-corrected chi connectivity index (χ0v) is 21.7. The SMILES string of the molecule is COc1c(CO)cc(Cl)cc1S(=O)(=O)Nc1ccc(F)c(C#Cc2cnc(NCC3CCOC3)nc2)c1F. The summed E-state index contributed by atoms with van der Waals surface area (Å²) in [5, 5.41) is 12.6. The fourth-order valence-electron chi connectivity index (χ4n) is 3.72. The zero-order valence-electron chi connectivity index (χ0n) is 20.1. The molecule has 0 radical (unpaired) electrons. The van der Waals surface area contributed by atoms with Crippen molar-refractivity contribution in [2.24, 2.45) is 5.92 Å². The molecule has 1 unspecified atom stereocenters. The Bertz CT molecular complexity index is 1490. The van der Waals surface area contributed by atoms with E-state index in [1.54, 1.807) is 0 Å². The lowest BCUT2D eigenvalue weighted by Gasteiger charge is -2.15. The fourth-order valence-corrected chi connectivity index (χ4v) is 5.32. The van der Waals surface area contributed by atoms with E-state index in [4.69, 9.17) is 21.1 Å². The van der Waals surface area contributed by atoms with Gasteiger partial charge < -0.3 is 19.9 Å². The second-order valence-corrected chi connectivity index (χ2v) is 10.4. The van der Waals surface area contributed by atoms with Crippen molar-refractivity contribution in [1.82, 2.24) is 9.97 Å². The Kier molecular flexibility index (Phi) is 8.63. The summed E-state index contributed by atoms with van der Waals surface area (Å²) in [4.78, 5) is 7.87. The van der Waals surface area contributed by atoms with E-state index in [9.17, 15) is 17.9 Å². The summed E-state index contributed by atoms with van der Waals surface area (Å²) in [5.41, 5.74) is -0.787. The van der Waals surface area contributed by atoms with E-state index in [0.717, 1.165) is 31.2 Å². The van der Waals surface area contributed by atoms with E-state index in [2.05, 4.69) is 31.8 Å². The van der Waals surface area contributed by atoms with Crippen LogP contribution < -0.4 is 14.8 Å². The Hall–Kier alpha value is -3.50. The maximum absolute atomic E-state index is 15.2. The van der Waals surface area contributed by atoms with Gasteiger partial charge in [0.25, 0.3) is 10.0 Å². The van der Waals surface area contributed by atoms with Crippen LogP contribution in [0.25, 0.3) is 0 Å². The van der Waals surface area contributed by atoms with Gasteiger partial charge in [0.1, 0.15) is 16.5 Å². The third-order valence-electron chi connectivity index (χ3n) is 5.65. The van der Waals surface area contributed by atoms with Crippen LogP contribution in [0.3, 0.4) is 0 Å². The number of hydrogen-bond donors (Lipinski definition) is 3. The first-order valence-electron chi connectivity index (χ1n) is 11.4. The highest BCUT2D eigenvalue weighted by molar-refractivity contribution is 7.92. The van der Waals surface area contributed by atoms with Crippen molar-refractivity contribution >= 4 is 33.3 Å². The van der Waals surface area contributed by atoms with Crippen LogP contribution in [0, 0.1) is 29.4 Å². The van der Waals surface area contributed by atoms with Crippen LogP contribution in [-0.4, -0.2) is 50.4 Å². The molecule has 9 nitrogen and oxygen atoms in total. The number of hydrogen-bond acceptors (Lipinski definition) is 8. The molecule has 38 heavy (non-hydrogen) atoms. The largest absolute Gasteiger partial charge is 0.495 e. The van der Waals surface area contributed by atoms with Gasteiger partial charge in [0.05, 0.1) is 37.1 Å². The summed E-state index contributed by atoms with van der Waals surface area (Å²) in [6.45, 7) is 1.52. The number of anilines is 2. The van der Waals surface area contributed by atoms with E-state index in [-0.39, 0.29) is 16.3 Å². The van der Waals surface area contributed by atoms with Crippen molar-refractivity contribution in [3.05, 3.63) is 70.0 Å². The van der Waals surface area contributed by atoms with Gasteiger partial charge in [-0.15, -0.1) is 0 Å². The summed E-state index contributed by atoms with van der Waals surface area (Å²) in [6.07, 6.45) is 3.76. The standard InChI is InChI=1S/C25H23ClF2N4O5S/c1-36-24-17(13-33)8-18(26)9-22(24)38(34,35)32-21-5-4-20(27)19(23(21)28)3-2-15-10-29-25(30-11-15)31-12-16-6-7-37-14-16/h4-5,8-11,16,32-33H,6-7,12-14H2,1H3,(H,29,30,31). The molecule has 0 saturated carbocycles. The molecule has 2 aromatic carbocycles. The van der Waals surface area contributed by atoms with Gasteiger partial charge in [-0.2, -0.15) is 0 Å². The topological polar surface area (TPSA) is 123 Å². The summed E-state index contributed by atoms with van der Waals surface area (Å²) >= 11 is 5.98. The molecule has 2 heterocycles. The fraction of sp³-hybridized carbons (Fsp3) is 0.280. The summed E-state index contributed by atoms with van der Waals surface area (Å²) in [6, 6.07) is 4.23. The Morgan fingerprint density at radius 1 is 1.24 bits per heavy atom. The molecule has 0 spiro atoms. The predicted molar refractivity (Wildman–Crippen MR) is 137 cm³/mol. The first-order chi connectivity index (χ1) is 18.2. The van der Waals surface area contributed by atoms with Crippen molar-refractivity contribution < 1.29 is 31.8 Å². The lowest BCUT2D eigenvalue weighted by atomic mass is 10.1. The van der Waals surface area contributed by atoms with Crippen LogP contribution in [0.2, 0.25) is 5.02 Å². The van der Waals surface area contributed by atoms with Crippen LogP contribution in [0.5, 0.6) is 5.75 Å². The maximum atomic E-state index is 15.2. The van der Waals surface area contributed by atoms with Gasteiger partial charge >= 0.3 is 0 Å². The summed E-state index contributed by atoms with van der Waals surface area (Å²) in [7, 11) is -3.25. The van der Waals surface area contributed by atoms with Crippen LogP contribution in [-0.2, 0) is 21.4 Å². The van der Waals surface area contributed by atoms with Gasteiger partial charge in [-0.25, -0.2) is 27.2 Å². The number of nitrogens with one attached hydrogen (secondary N) is 2. The Labute approximate surface area is 223 Å². The molecular formula is C25H23ClF2N4O5S. The van der Waals surface area contributed by atoms with Gasteiger partial charge in [0.15, 0.2) is 5.82 Å². The minimum absolute atomic E-state index is 0.0114. The lowest BCUT2D eigenvalue weighted by Crippen LogP contribution is -2.16.